The van der Waals surface area contributed by atoms with Gasteiger partial charge in [0.05, 0.1) is 10.3 Å². The lowest BCUT2D eigenvalue weighted by Crippen LogP contribution is -2.46. The quantitative estimate of drug-likeness (QED) is 0.891. The first kappa shape index (κ1) is 14.1. The van der Waals surface area contributed by atoms with Crippen LogP contribution < -0.4 is 5.32 Å². The Labute approximate surface area is 116 Å². The van der Waals surface area contributed by atoms with Gasteiger partial charge >= 0.3 is 5.97 Å². The van der Waals surface area contributed by atoms with Crippen molar-refractivity contribution < 1.29 is 14.7 Å². The van der Waals surface area contributed by atoms with Crippen molar-refractivity contribution in [3.8, 4) is 0 Å². The van der Waals surface area contributed by atoms with Gasteiger partial charge in [-0.3, -0.25) is 9.59 Å². The van der Waals surface area contributed by atoms with E-state index in [2.05, 4.69) is 5.32 Å². The number of carbonyl (C=O) groups excluding carboxylic acids is 1. The van der Waals surface area contributed by atoms with Crippen LogP contribution >= 0.6 is 11.3 Å². The molecule has 1 saturated carbocycles. The smallest absolute Gasteiger partial charge is 0.311 e. The lowest BCUT2D eigenvalue weighted by molar-refractivity contribution is -0.148. The molecule has 19 heavy (non-hydrogen) atoms. The minimum Gasteiger partial charge on any atom is -0.481 e. The first-order chi connectivity index (χ1) is 8.97. The molecule has 0 aromatic carbocycles. The van der Waals surface area contributed by atoms with Gasteiger partial charge in [0.1, 0.15) is 0 Å². The molecular weight excluding hydrogens is 262 g/mol. The lowest BCUT2D eigenvalue weighted by atomic mass is 9.85. The maximum absolute atomic E-state index is 12.1. The molecule has 0 saturated heterocycles. The molecule has 1 aromatic rings. The monoisotopic (exact) mass is 281 g/mol. The highest BCUT2D eigenvalue weighted by Crippen LogP contribution is 2.38. The van der Waals surface area contributed by atoms with E-state index in [-0.39, 0.29) is 11.9 Å². The number of amides is 1. The molecule has 4 nitrogen and oxygen atoms in total. The minimum absolute atomic E-state index is 0.149. The van der Waals surface area contributed by atoms with E-state index in [0.717, 1.165) is 24.1 Å². The standard InChI is InChI=1S/C14H19NO3S/c1-3-9-6-7-10(19-9)12(16)15-11-5-4-8-14(11,2)13(17)18/h6-7,11H,3-5,8H2,1-2H3,(H,15,16)(H,17,18). The third kappa shape index (κ3) is 2.66. The van der Waals surface area contributed by atoms with Crippen LogP contribution in [0, 0.1) is 5.41 Å². The van der Waals surface area contributed by atoms with E-state index in [9.17, 15) is 14.7 Å². The number of aryl methyl sites for hydroxylation is 1. The average Bonchev–Trinajstić information content (AvgIpc) is 2.97. The maximum atomic E-state index is 12.1. The molecule has 2 N–H and O–H groups in total. The van der Waals surface area contributed by atoms with Crippen molar-refractivity contribution in [1.82, 2.24) is 5.32 Å². The molecule has 1 aliphatic rings. The van der Waals surface area contributed by atoms with Crippen LogP contribution in [0.15, 0.2) is 12.1 Å². The van der Waals surface area contributed by atoms with E-state index in [1.165, 1.54) is 11.3 Å². The second-order valence-corrected chi connectivity index (χ2v) is 6.43. The average molecular weight is 281 g/mol. The summed E-state index contributed by atoms with van der Waals surface area (Å²) in [6, 6.07) is 3.49. The summed E-state index contributed by atoms with van der Waals surface area (Å²) in [5.41, 5.74) is -0.833. The Balaban J connectivity index is 2.08. The summed E-state index contributed by atoms with van der Waals surface area (Å²) in [7, 11) is 0. The van der Waals surface area contributed by atoms with Crippen molar-refractivity contribution in [3.63, 3.8) is 0 Å². The molecule has 0 spiro atoms. The molecule has 1 aromatic heterocycles. The number of thiophene rings is 1. The van der Waals surface area contributed by atoms with E-state index < -0.39 is 11.4 Å². The number of aliphatic carboxylic acids is 1. The van der Waals surface area contributed by atoms with Gasteiger partial charge < -0.3 is 10.4 Å². The molecule has 2 atom stereocenters. The predicted octanol–water partition coefficient (Wildman–Crippen LogP) is 2.68. The molecule has 2 unspecified atom stereocenters. The van der Waals surface area contributed by atoms with E-state index in [1.54, 1.807) is 6.92 Å². The summed E-state index contributed by atoms with van der Waals surface area (Å²) in [5.74, 6) is -0.972. The number of hydrogen-bond acceptors (Lipinski definition) is 3. The third-order valence-corrected chi connectivity index (χ3v) is 5.21. The number of carbonyl (C=O) groups is 2. The minimum atomic E-state index is -0.833. The van der Waals surface area contributed by atoms with Gasteiger partial charge in [0.25, 0.3) is 5.91 Å². The zero-order valence-corrected chi connectivity index (χ0v) is 12.0. The van der Waals surface area contributed by atoms with Crippen LogP contribution in [0.3, 0.4) is 0 Å². The first-order valence-electron chi connectivity index (χ1n) is 6.60. The van der Waals surface area contributed by atoms with Gasteiger partial charge in [0, 0.05) is 10.9 Å². The molecule has 0 bridgehead atoms. The van der Waals surface area contributed by atoms with Crippen molar-refractivity contribution in [2.45, 2.75) is 45.6 Å². The molecular formula is C14H19NO3S. The van der Waals surface area contributed by atoms with Crippen molar-refractivity contribution in [3.05, 3.63) is 21.9 Å². The van der Waals surface area contributed by atoms with E-state index in [0.29, 0.717) is 11.3 Å². The van der Waals surface area contributed by atoms with Crippen LogP contribution in [-0.4, -0.2) is 23.0 Å². The third-order valence-electron chi connectivity index (χ3n) is 3.99. The molecule has 0 aliphatic heterocycles. The Kier molecular flexibility index (Phi) is 3.94. The van der Waals surface area contributed by atoms with E-state index in [4.69, 9.17) is 0 Å². The van der Waals surface area contributed by atoms with Crippen LogP contribution in [0.2, 0.25) is 0 Å². The highest BCUT2D eigenvalue weighted by molar-refractivity contribution is 7.14. The number of nitrogens with one attached hydrogen (secondary N) is 1. The molecule has 1 amide bonds. The van der Waals surface area contributed by atoms with Gasteiger partial charge in [-0.15, -0.1) is 11.3 Å². The highest BCUT2D eigenvalue weighted by Gasteiger charge is 2.46. The summed E-state index contributed by atoms with van der Waals surface area (Å²) in [5, 5.41) is 12.2. The number of carboxylic acid groups (broad SMARTS) is 1. The maximum Gasteiger partial charge on any atom is 0.311 e. The Morgan fingerprint density at radius 2 is 2.26 bits per heavy atom. The van der Waals surface area contributed by atoms with Gasteiger partial charge in [0.15, 0.2) is 0 Å². The molecule has 1 heterocycles. The van der Waals surface area contributed by atoms with Crippen molar-refractivity contribution in [1.29, 1.82) is 0 Å². The summed E-state index contributed by atoms with van der Waals surface area (Å²) in [6.07, 6.45) is 3.12. The summed E-state index contributed by atoms with van der Waals surface area (Å²) in [4.78, 5) is 25.3. The number of rotatable bonds is 4. The van der Waals surface area contributed by atoms with Crippen LogP contribution in [-0.2, 0) is 11.2 Å². The lowest BCUT2D eigenvalue weighted by Gasteiger charge is -2.27. The zero-order chi connectivity index (χ0) is 14.0. The Morgan fingerprint density at radius 3 is 2.84 bits per heavy atom. The normalized spacial score (nSPS) is 26.3. The fourth-order valence-electron chi connectivity index (χ4n) is 2.57. The Morgan fingerprint density at radius 1 is 1.53 bits per heavy atom. The molecule has 0 radical (unpaired) electrons. The van der Waals surface area contributed by atoms with Gasteiger partial charge in [0.2, 0.25) is 0 Å². The summed E-state index contributed by atoms with van der Waals surface area (Å²) >= 11 is 1.47. The topological polar surface area (TPSA) is 66.4 Å². The van der Waals surface area contributed by atoms with Crippen molar-refractivity contribution in [2.24, 2.45) is 5.41 Å². The van der Waals surface area contributed by atoms with Crippen LogP contribution in [0.1, 0.15) is 47.7 Å². The van der Waals surface area contributed by atoms with Gasteiger partial charge in [-0.05, 0) is 38.3 Å². The zero-order valence-electron chi connectivity index (χ0n) is 11.2. The summed E-state index contributed by atoms with van der Waals surface area (Å²) < 4.78 is 0. The Bertz CT molecular complexity index is 497. The summed E-state index contributed by atoms with van der Waals surface area (Å²) in [6.45, 7) is 3.77. The van der Waals surface area contributed by atoms with E-state index in [1.807, 2.05) is 19.1 Å². The second kappa shape index (κ2) is 5.33. The molecule has 2 rings (SSSR count). The van der Waals surface area contributed by atoms with Gasteiger partial charge in [-0.1, -0.05) is 13.3 Å². The first-order valence-corrected chi connectivity index (χ1v) is 7.42. The molecule has 1 fully saturated rings. The van der Waals surface area contributed by atoms with Crippen molar-refractivity contribution in [2.75, 3.05) is 0 Å². The highest BCUT2D eigenvalue weighted by atomic mass is 32.1. The van der Waals surface area contributed by atoms with Gasteiger partial charge in [-0.25, -0.2) is 0 Å². The molecule has 1 aliphatic carbocycles. The number of carboxylic acids is 1. The second-order valence-electron chi connectivity index (χ2n) is 5.26. The fourth-order valence-corrected chi connectivity index (χ4v) is 3.42. The van der Waals surface area contributed by atoms with Crippen molar-refractivity contribution >= 4 is 23.2 Å². The van der Waals surface area contributed by atoms with Crippen LogP contribution in [0.25, 0.3) is 0 Å². The predicted molar refractivity (Wildman–Crippen MR) is 74.5 cm³/mol. The molecule has 5 heteroatoms. The van der Waals surface area contributed by atoms with E-state index >= 15 is 0 Å². The van der Waals surface area contributed by atoms with Crippen LogP contribution in [0.4, 0.5) is 0 Å². The van der Waals surface area contributed by atoms with Crippen LogP contribution in [0.5, 0.6) is 0 Å². The van der Waals surface area contributed by atoms with Gasteiger partial charge in [-0.2, -0.15) is 0 Å². The largest absolute Gasteiger partial charge is 0.481 e. The number of hydrogen-bond donors (Lipinski definition) is 2. The SMILES string of the molecule is CCc1ccc(C(=O)NC2CCCC2(C)C(=O)O)s1. The fraction of sp³-hybridized carbons (Fsp3) is 0.571. The molecule has 104 valence electrons. The Hall–Kier alpha value is -1.36.